The molecule has 1 aromatic heterocycles. The first kappa shape index (κ1) is 21.4. The summed E-state index contributed by atoms with van der Waals surface area (Å²) in [4.78, 5) is 22.4. The van der Waals surface area contributed by atoms with Gasteiger partial charge in [-0.2, -0.15) is 0 Å². The van der Waals surface area contributed by atoms with Gasteiger partial charge in [0.2, 0.25) is 5.91 Å². The number of thiazole rings is 1. The van der Waals surface area contributed by atoms with Crippen LogP contribution in [0.3, 0.4) is 0 Å². The zero-order valence-corrected chi connectivity index (χ0v) is 18.9. The number of aryl methyl sites for hydroxylation is 2. The van der Waals surface area contributed by atoms with E-state index in [4.69, 9.17) is 0 Å². The van der Waals surface area contributed by atoms with Crippen molar-refractivity contribution >= 4 is 47.2 Å². The molecule has 146 valence electrons. The van der Waals surface area contributed by atoms with Gasteiger partial charge in [-0.1, -0.05) is 6.42 Å². The lowest BCUT2D eigenvalue weighted by Gasteiger charge is -2.30. The summed E-state index contributed by atoms with van der Waals surface area (Å²) in [5.74, 6) is 1.18. The maximum atomic E-state index is 12.3. The number of nitrogens with zero attached hydrogens (tertiary/aromatic N) is 2. The van der Waals surface area contributed by atoms with Crippen LogP contribution in [0.1, 0.15) is 54.1 Å². The number of nitrogens with one attached hydrogen (secondary N) is 3. The van der Waals surface area contributed by atoms with E-state index in [0.29, 0.717) is 12.1 Å². The highest BCUT2D eigenvalue weighted by atomic mass is 127. The molecule has 3 N–H and O–H groups in total. The molecule has 26 heavy (non-hydrogen) atoms. The number of guanidine groups is 1. The molecule has 1 aromatic rings. The van der Waals surface area contributed by atoms with E-state index in [1.54, 1.807) is 18.4 Å². The zero-order chi connectivity index (χ0) is 17.8. The minimum absolute atomic E-state index is 0. The smallest absolute Gasteiger partial charge is 0.223 e. The van der Waals surface area contributed by atoms with Crippen molar-refractivity contribution in [3.63, 3.8) is 0 Å². The monoisotopic (exact) mass is 491 g/mol. The van der Waals surface area contributed by atoms with E-state index in [2.05, 4.69) is 25.9 Å². The number of aliphatic imine (C=N–C) groups is 1. The fourth-order valence-corrected chi connectivity index (χ4v) is 4.27. The van der Waals surface area contributed by atoms with Crippen molar-refractivity contribution < 1.29 is 4.79 Å². The van der Waals surface area contributed by atoms with Gasteiger partial charge in [-0.15, -0.1) is 35.3 Å². The van der Waals surface area contributed by atoms with Gasteiger partial charge >= 0.3 is 0 Å². The van der Waals surface area contributed by atoms with Crippen molar-refractivity contribution in [3.8, 4) is 0 Å². The molecule has 0 bridgehead atoms. The van der Waals surface area contributed by atoms with Crippen molar-refractivity contribution in [2.45, 2.75) is 71.0 Å². The van der Waals surface area contributed by atoms with E-state index >= 15 is 0 Å². The van der Waals surface area contributed by atoms with Crippen LogP contribution in [-0.4, -0.2) is 36.0 Å². The molecule has 1 amide bonds. The standard InChI is InChI=1S/C18H29N5OS.HI/c1-11-16(25-12(2)21-11)10-20-18(19-3)23-15-6-4-5-13(9-15)17(24)22-14-7-8-14;/h13-15H,4-10H2,1-3H3,(H,22,24)(H2,19,20,23);1H. The number of aromatic nitrogens is 1. The Morgan fingerprint density at radius 2 is 1.96 bits per heavy atom. The third-order valence-electron chi connectivity index (χ3n) is 4.95. The Labute approximate surface area is 177 Å². The van der Waals surface area contributed by atoms with Crippen LogP contribution in [-0.2, 0) is 11.3 Å². The maximum Gasteiger partial charge on any atom is 0.223 e. The zero-order valence-electron chi connectivity index (χ0n) is 15.8. The number of rotatable bonds is 5. The van der Waals surface area contributed by atoms with Gasteiger partial charge in [-0.25, -0.2) is 4.98 Å². The molecule has 2 aliphatic rings. The van der Waals surface area contributed by atoms with Crippen LogP contribution < -0.4 is 16.0 Å². The first-order chi connectivity index (χ1) is 12.0. The van der Waals surface area contributed by atoms with Gasteiger partial charge in [0.25, 0.3) is 0 Å². The van der Waals surface area contributed by atoms with Crippen LogP contribution in [0, 0.1) is 19.8 Å². The van der Waals surface area contributed by atoms with E-state index in [1.807, 2.05) is 13.8 Å². The number of amides is 1. The predicted octanol–water partition coefficient (Wildman–Crippen LogP) is 2.88. The Kier molecular flexibility index (Phi) is 8.12. The number of hydrogen-bond acceptors (Lipinski definition) is 4. The lowest BCUT2D eigenvalue weighted by atomic mass is 9.85. The highest BCUT2D eigenvalue weighted by Crippen LogP contribution is 2.26. The quantitative estimate of drug-likeness (QED) is 0.336. The summed E-state index contributed by atoms with van der Waals surface area (Å²) in [6, 6.07) is 0.751. The molecule has 0 saturated heterocycles. The van der Waals surface area contributed by atoms with Crippen molar-refractivity contribution in [3.05, 3.63) is 15.6 Å². The van der Waals surface area contributed by atoms with Crippen molar-refractivity contribution in [1.82, 2.24) is 20.9 Å². The SMILES string of the molecule is CN=C(NCc1sc(C)nc1C)NC1CCCC(C(=O)NC2CC2)C1.I. The molecule has 0 aromatic carbocycles. The van der Waals surface area contributed by atoms with Crippen molar-refractivity contribution in [1.29, 1.82) is 0 Å². The second kappa shape index (κ2) is 9.87. The molecular weight excluding hydrogens is 461 g/mol. The van der Waals surface area contributed by atoms with E-state index in [9.17, 15) is 4.79 Å². The number of halogens is 1. The third kappa shape index (κ3) is 6.07. The Morgan fingerprint density at radius 1 is 1.19 bits per heavy atom. The topological polar surface area (TPSA) is 78.4 Å². The van der Waals surface area contributed by atoms with Crippen LogP contribution in [0.15, 0.2) is 4.99 Å². The fraction of sp³-hybridized carbons (Fsp3) is 0.722. The summed E-state index contributed by atoms with van der Waals surface area (Å²) < 4.78 is 0. The minimum atomic E-state index is 0. The lowest BCUT2D eigenvalue weighted by Crippen LogP contribution is -2.47. The van der Waals surface area contributed by atoms with E-state index in [1.165, 1.54) is 4.88 Å². The van der Waals surface area contributed by atoms with E-state index in [-0.39, 0.29) is 35.8 Å². The summed E-state index contributed by atoms with van der Waals surface area (Å²) in [5.41, 5.74) is 1.08. The molecule has 2 atom stereocenters. The first-order valence-corrected chi connectivity index (χ1v) is 10.1. The minimum Gasteiger partial charge on any atom is -0.354 e. The summed E-state index contributed by atoms with van der Waals surface area (Å²) in [6.45, 7) is 4.80. The normalized spacial score (nSPS) is 23.1. The van der Waals surface area contributed by atoms with Crippen molar-refractivity contribution in [2.75, 3.05) is 7.05 Å². The summed E-state index contributed by atoms with van der Waals surface area (Å²) in [7, 11) is 1.79. The second-order valence-electron chi connectivity index (χ2n) is 7.15. The van der Waals surface area contributed by atoms with Gasteiger partial charge in [0.1, 0.15) is 0 Å². The highest BCUT2D eigenvalue weighted by molar-refractivity contribution is 14.0. The van der Waals surface area contributed by atoms with Gasteiger partial charge in [-0.3, -0.25) is 9.79 Å². The number of hydrogen-bond donors (Lipinski definition) is 3. The number of carbonyl (C=O) groups excluding carboxylic acids is 1. The molecular formula is C18H30IN5OS. The Morgan fingerprint density at radius 3 is 2.58 bits per heavy atom. The van der Waals surface area contributed by atoms with Crippen LogP contribution in [0.25, 0.3) is 0 Å². The third-order valence-corrected chi connectivity index (χ3v) is 6.02. The average molecular weight is 491 g/mol. The molecule has 2 unspecified atom stereocenters. The highest BCUT2D eigenvalue weighted by Gasteiger charge is 2.31. The van der Waals surface area contributed by atoms with Crippen LogP contribution >= 0.6 is 35.3 Å². The maximum absolute atomic E-state index is 12.3. The average Bonchev–Trinajstić information content (AvgIpc) is 3.35. The van der Waals surface area contributed by atoms with Gasteiger partial charge in [0.05, 0.1) is 17.2 Å². The Hall–Kier alpha value is -0.900. The van der Waals surface area contributed by atoms with Crippen LogP contribution in [0.4, 0.5) is 0 Å². The molecule has 0 radical (unpaired) electrons. The van der Waals surface area contributed by atoms with E-state index in [0.717, 1.165) is 61.7 Å². The predicted molar refractivity (Wildman–Crippen MR) is 117 cm³/mol. The molecule has 0 aliphatic heterocycles. The molecule has 0 spiro atoms. The molecule has 2 saturated carbocycles. The molecule has 8 heteroatoms. The van der Waals surface area contributed by atoms with Gasteiger partial charge in [0.15, 0.2) is 5.96 Å². The Bertz CT molecular complexity index is 644. The molecule has 6 nitrogen and oxygen atoms in total. The second-order valence-corrected chi connectivity index (χ2v) is 8.44. The summed E-state index contributed by atoms with van der Waals surface area (Å²) in [6.07, 6.45) is 6.36. The molecule has 1 heterocycles. The molecule has 2 fully saturated rings. The van der Waals surface area contributed by atoms with E-state index < -0.39 is 0 Å². The van der Waals surface area contributed by atoms with Gasteiger partial charge < -0.3 is 16.0 Å². The van der Waals surface area contributed by atoms with Gasteiger partial charge in [0, 0.05) is 29.9 Å². The number of carbonyl (C=O) groups is 1. The first-order valence-electron chi connectivity index (χ1n) is 9.25. The molecule has 3 rings (SSSR count). The van der Waals surface area contributed by atoms with Crippen LogP contribution in [0.2, 0.25) is 0 Å². The molecule has 2 aliphatic carbocycles. The fourth-order valence-electron chi connectivity index (χ4n) is 3.40. The summed E-state index contributed by atoms with van der Waals surface area (Å²) in [5, 5.41) is 11.1. The largest absolute Gasteiger partial charge is 0.354 e. The Balaban J connectivity index is 0.00000243. The van der Waals surface area contributed by atoms with Crippen molar-refractivity contribution in [2.24, 2.45) is 10.9 Å². The van der Waals surface area contributed by atoms with Gasteiger partial charge in [-0.05, 0) is 46.0 Å². The van der Waals surface area contributed by atoms with Crippen LogP contribution in [0.5, 0.6) is 0 Å². The summed E-state index contributed by atoms with van der Waals surface area (Å²) >= 11 is 1.72. The lowest BCUT2D eigenvalue weighted by molar-refractivity contribution is -0.126.